The van der Waals surface area contributed by atoms with Gasteiger partial charge in [-0.2, -0.15) is 0 Å². The molecule has 2 heterocycles. The van der Waals surface area contributed by atoms with E-state index in [2.05, 4.69) is 5.32 Å². The summed E-state index contributed by atoms with van der Waals surface area (Å²) in [5, 5.41) is 3.02. The topological polar surface area (TPSA) is 140 Å². The Balaban J connectivity index is 0.996. The minimum absolute atomic E-state index is 0.0714. The van der Waals surface area contributed by atoms with E-state index in [-0.39, 0.29) is 59.5 Å². The Morgan fingerprint density at radius 2 is 0.731 bits per heavy atom. The van der Waals surface area contributed by atoms with Crippen LogP contribution in [0.5, 0.6) is 5.75 Å². The van der Waals surface area contributed by atoms with Crippen molar-refractivity contribution in [3.05, 3.63) is 245 Å². The Bertz CT molecular complexity index is 2770. The quantitative estimate of drug-likeness (QED) is 0.0523. The van der Waals surface area contributed by atoms with Crippen LogP contribution in [0.15, 0.2) is 206 Å². The van der Waals surface area contributed by atoms with Gasteiger partial charge in [0.05, 0.1) is 60.0 Å². The molecule has 10 atom stereocenters. The van der Waals surface area contributed by atoms with Gasteiger partial charge in [-0.3, -0.25) is 5.32 Å². The van der Waals surface area contributed by atoms with Crippen molar-refractivity contribution in [2.24, 2.45) is 0 Å². The molecule has 7 aromatic rings. The van der Waals surface area contributed by atoms with Crippen LogP contribution in [0.25, 0.3) is 0 Å². The van der Waals surface area contributed by atoms with Crippen molar-refractivity contribution in [3.63, 3.8) is 0 Å². The van der Waals surface area contributed by atoms with Crippen molar-refractivity contribution >= 4 is 6.09 Å². The zero-order valence-corrected chi connectivity index (χ0v) is 44.1. The number of ether oxygens (including phenoxy) is 12. The number of alkyl carbamates (subject to hydrolysis) is 1. The number of benzene rings is 7. The fraction of sp³-hybridized carbons (Fsp3) is 0.328. The van der Waals surface area contributed by atoms with Gasteiger partial charge in [0.2, 0.25) is 0 Å². The van der Waals surface area contributed by atoms with E-state index in [1.165, 1.54) is 0 Å². The highest BCUT2D eigenvalue weighted by Gasteiger charge is 2.51. The van der Waals surface area contributed by atoms with Crippen LogP contribution >= 0.6 is 0 Å². The molecule has 1 amide bonds. The number of rotatable bonds is 27. The monoisotopic (exact) mass is 1060 g/mol. The highest BCUT2D eigenvalue weighted by Crippen LogP contribution is 2.33. The third-order valence-corrected chi connectivity index (χ3v) is 13.5. The number of carbonyl (C=O) groups is 1. The lowest BCUT2D eigenvalue weighted by molar-refractivity contribution is -0.321. The summed E-state index contributed by atoms with van der Waals surface area (Å²) in [4.78, 5) is 14.6. The van der Waals surface area contributed by atoms with Crippen LogP contribution < -0.4 is 10.1 Å². The Morgan fingerprint density at radius 3 is 1.13 bits per heavy atom. The first-order valence-electron chi connectivity index (χ1n) is 26.4. The van der Waals surface area contributed by atoms with Crippen molar-refractivity contribution in [2.45, 2.75) is 108 Å². The molecule has 2 aliphatic rings. The average Bonchev–Trinajstić information content (AvgIpc) is 3.56. The van der Waals surface area contributed by atoms with Gasteiger partial charge in [0.1, 0.15) is 61.2 Å². The van der Waals surface area contributed by atoms with E-state index in [1.807, 2.05) is 206 Å². The van der Waals surface area contributed by atoms with Gasteiger partial charge in [0, 0.05) is 7.11 Å². The van der Waals surface area contributed by atoms with E-state index in [9.17, 15) is 4.79 Å². The highest BCUT2D eigenvalue weighted by molar-refractivity contribution is 5.67. The molecular weight excluding hydrogens is 991 g/mol. The van der Waals surface area contributed by atoms with Gasteiger partial charge < -0.3 is 56.8 Å². The van der Waals surface area contributed by atoms with Gasteiger partial charge in [-0.1, -0.05) is 194 Å². The predicted molar refractivity (Wildman–Crippen MR) is 292 cm³/mol. The standard InChI is InChI=1S/C64H69NO13/c1-67-53-35-33-52(34-36-53)37-69-44-54-56(70-38-46-21-9-3-10-22-46)58(72-40-48-25-13-5-14-26-48)60(74-42-50-29-17-7-18-30-50)62(77-54)65-64(66)76-45-55-57(71-39-47-23-11-4-12-24-47)59(73-41-49-27-15-6-16-28-49)61(63(68-2)78-55)75-43-51-31-19-8-20-32-51/h3-36,54-63H,37-45H2,1-2H3,(H,65,66)/t54-,55-,56-,57-,58+,59+,60-,61-,62+,63+/m1/s1. The molecule has 0 bridgehead atoms. The minimum Gasteiger partial charge on any atom is -0.497 e. The molecule has 0 aliphatic carbocycles. The molecule has 0 radical (unpaired) electrons. The number of nitrogens with one attached hydrogen (secondary N) is 1. The van der Waals surface area contributed by atoms with Crippen LogP contribution in [0.4, 0.5) is 4.79 Å². The second-order valence-corrected chi connectivity index (χ2v) is 19.0. The number of carbonyl (C=O) groups excluding carboxylic acids is 1. The predicted octanol–water partition coefficient (Wildman–Crippen LogP) is 10.5. The molecule has 2 saturated heterocycles. The third-order valence-electron chi connectivity index (χ3n) is 13.5. The maximum atomic E-state index is 14.6. The van der Waals surface area contributed by atoms with Crippen LogP contribution in [-0.4, -0.2) is 94.9 Å². The zero-order chi connectivity index (χ0) is 53.6. The van der Waals surface area contributed by atoms with Gasteiger partial charge in [-0.25, -0.2) is 4.79 Å². The molecule has 9 rings (SSSR count). The first kappa shape index (κ1) is 55.9. The Kier molecular flexibility index (Phi) is 21.4. The summed E-state index contributed by atoms with van der Waals surface area (Å²) >= 11 is 0. The molecule has 0 aromatic heterocycles. The van der Waals surface area contributed by atoms with Gasteiger partial charge in [-0.15, -0.1) is 0 Å². The Labute approximate surface area is 457 Å². The maximum absolute atomic E-state index is 14.6. The first-order chi connectivity index (χ1) is 38.5. The molecule has 2 fully saturated rings. The first-order valence-corrected chi connectivity index (χ1v) is 26.4. The lowest BCUT2D eigenvalue weighted by Gasteiger charge is -2.46. The van der Waals surface area contributed by atoms with Crippen LogP contribution in [0.2, 0.25) is 0 Å². The van der Waals surface area contributed by atoms with Gasteiger partial charge in [-0.05, 0) is 51.1 Å². The van der Waals surface area contributed by atoms with E-state index in [0.29, 0.717) is 0 Å². The lowest BCUT2D eigenvalue weighted by atomic mass is 9.97. The van der Waals surface area contributed by atoms with Gasteiger partial charge in [0.15, 0.2) is 12.5 Å². The summed E-state index contributed by atoms with van der Waals surface area (Å²) in [5.41, 5.74) is 6.58. The fourth-order valence-corrected chi connectivity index (χ4v) is 9.44. The van der Waals surface area contributed by atoms with Crippen molar-refractivity contribution < 1.29 is 61.6 Å². The maximum Gasteiger partial charge on any atom is 0.409 e. The van der Waals surface area contributed by atoms with Crippen molar-refractivity contribution in [2.75, 3.05) is 27.4 Å². The third kappa shape index (κ3) is 16.4. The Hall–Kier alpha value is -6.79. The number of methoxy groups -OCH3 is 2. The normalized spacial score (nSPS) is 23.1. The molecule has 78 heavy (non-hydrogen) atoms. The van der Waals surface area contributed by atoms with Crippen LogP contribution in [-0.2, 0) is 98.4 Å². The van der Waals surface area contributed by atoms with Crippen molar-refractivity contribution in [3.8, 4) is 5.75 Å². The van der Waals surface area contributed by atoms with Crippen molar-refractivity contribution in [1.82, 2.24) is 5.32 Å². The summed E-state index contributed by atoms with van der Waals surface area (Å²) in [7, 11) is 3.18. The zero-order valence-electron chi connectivity index (χ0n) is 44.1. The highest BCUT2D eigenvalue weighted by atomic mass is 16.7. The number of hydrogen-bond donors (Lipinski definition) is 1. The van der Waals surface area contributed by atoms with E-state index in [4.69, 9.17) is 56.8 Å². The molecule has 0 unspecified atom stereocenters. The average molecular weight is 1060 g/mol. The summed E-state index contributed by atoms with van der Waals surface area (Å²) in [6.07, 6.45) is -9.33. The van der Waals surface area contributed by atoms with E-state index in [1.54, 1.807) is 14.2 Å². The molecule has 408 valence electrons. The van der Waals surface area contributed by atoms with Crippen LogP contribution in [0.3, 0.4) is 0 Å². The van der Waals surface area contributed by atoms with E-state index in [0.717, 1.165) is 44.7 Å². The molecule has 14 heteroatoms. The van der Waals surface area contributed by atoms with Crippen molar-refractivity contribution in [1.29, 1.82) is 0 Å². The second kappa shape index (κ2) is 29.8. The number of hydrogen-bond acceptors (Lipinski definition) is 13. The largest absolute Gasteiger partial charge is 0.497 e. The summed E-state index contributed by atoms with van der Waals surface area (Å²) in [6.45, 7) is 1.40. The summed E-state index contributed by atoms with van der Waals surface area (Å²) in [6, 6.07) is 66.8. The molecule has 0 spiro atoms. The molecular formula is C64H69NO13. The lowest BCUT2D eigenvalue weighted by Crippen LogP contribution is -2.65. The Morgan fingerprint density at radius 1 is 0.385 bits per heavy atom. The molecule has 1 N–H and O–H groups in total. The molecule has 14 nitrogen and oxygen atoms in total. The van der Waals surface area contributed by atoms with E-state index < -0.39 is 67.4 Å². The fourth-order valence-electron chi connectivity index (χ4n) is 9.44. The summed E-state index contributed by atoms with van der Waals surface area (Å²) < 4.78 is 78.4. The minimum atomic E-state index is -1.13. The smallest absolute Gasteiger partial charge is 0.409 e. The van der Waals surface area contributed by atoms with Gasteiger partial charge >= 0.3 is 6.09 Å². The van der Waals surface area contributed by atoms with Gasteiger partial charge in [0.25, 0.3) is 0 Å². The van der Waals surface area contributed by atoms with E-state index >= 15 is 0 Å². The second-order valence-electron chi connectivity index (χ2n) is 19.0. The number of amides is 1. The SMILES string of the molecule is COc1ccc(COC[C@H]2O[C@H](NC(=O)OC[C@H]3O[C@H](OC)[C@H](OCc4ccccc4)[C@@H](OCc4ccccc4)[C@@H]3OCc3ccccc3)[C@H](OCc3ccccc3)[C@@H](OCc3ccccc3)[C@@H]2OCc2ccccc2)cc1. The van der Waals surface area contributed by atoms with Crippen LogP contribution in [0.1, 0.15) is 38.9 Å². The van der Waals surface area contributed by atoms with Crippen LogP contribution in [0, 0.1) is 0 Å². The molecule has 0 saturated carbocycles. The molecule has 2 aliphatic heterocycles. The summed E-state index contributed by atoms with van der Waals surface area (Å²) in [5.74, 6) is 0.738. The molecule has 7 aromatic carbocycles.